The van der Waals surface area contributed by atoms with Crippen molar-refractivity contribution in [1.29, 1.82) is 0 Å². The highest BCUT2D eigenvalue weighted by Gasteiger charge is 2.67. The van der Waals surface area contributed by atoms with Crippen LogP contribution in [0.15, 0.2) is 0 Å². The molecule has 0 aromatic carbocycles. The first-order chi connectivity index (χ1) is 10.2. The average Bonchev–Trinajstić information content (AvgIpc) is 3.01. The first-order valence-corrected chi connectivity index (χ1v) is 8.70. The van der Waals surface area contributed by atoms with Crippen LogP contribution in [0.3, 0.4) is 0 Å². The lowest BCUT2D eigenvalue weighted by molar-refractivity contribution is -0.143. The van der Waals surface area contributed by atoms with Gasteiger partial charge < -0.3 is 10.4 Å². The van der Waals surface area contributed by atoms with Crippen molar-refractivity contribution in [2.24, 2.45) is 35.5 Å². The molecule has 116 valence electrons. The third-order valence-corrected chi connectivity index (χ3v) is 6.70. The molecule has 0 aliphatic heterocycles. The minimum absolute atomic E-state index is 0.142. The molecule has 4 aliphatic rings. The molecular formula is C17H25NO3. The van der Waals surface area contributed by atoms with Crippen LogP contribution in [0.5, 0.6) is 0 Å². The second-order valence-corrected chi connectivity index (χ2v) is 7.71. The van der Waals surface area contributed by atoms with E-state index in [-0.39, 0.29) is 23.8 Å². The van der Waals surface area contributed by atoms with E-state index in [1.165, 1.54) is 19.3 Å². The van der Waals surface area contributed by atoms with Gasteiger partial charge in [-0.25, -0.2) is 0 Å². The summed E-state index contributed by atoms with van der Waals surface area (Å²) in [5.41, 5.74) is 0. The van der Waals surface area contributed by atoms with Gasteiger partial charge in [0.15, 0.2) is 0 Å². The number of carboxylic acids is 1. The van der Waals surface area contributed by atoms with Crippen molar-refractivity contribution in [3.05, 3.63) is 0 Å². The zero-order chi connectivity index (χ0) is 14.6. The van der Waals surface area contributed by atoms with Crippen LogP contribution in [0.4, 0.5) is 0 Å². The molecule has 4 heteroatoms. The number of amides is 1. The number of carbonyl (C=O) groups excluding carboxylic acids is 1. The van der Waals surface area contributed by atoms with Crippen molar-refractivity contribution < 1.29 is 14.7 Å². The van der Waals surface area contributed by atoms with Crippen molar-refractivity contribution in [2.75, 3.05) is 0 Å². The summed E-state index contributed by atoms with van der Waals surface area (Å²) in [4.78, 5) is 24.0. The molecule has 0 heterocycles. The Hall–Kier alpha value is -1.06. The first kappa shape index (κ1) is 13.6. The van der Waals surface area contributed by atoms with Crippen LogP contribution in [0.1, 0.15) is 51.4 Å². The van der Waals surface area contributed by atoms with Crippen molar-refractivity contribution >= 4 is 11.9 Å². The molecule has 2 N–H and O–H groups in total. The third kappa shape index (κ3) is 2.18. The predicted molar refractivity (Wildman–Crippen MR) is 77.4 cm³/mol. The van der Waals surface area contributed by atoms with E-state index in [9.17, 15) is 14.7 Å². The Balaban J connectivity index is 1.40. The average molecular weight is 291 g/mol. The predicted octanol–water partition coefficient (Wildman–Crippen LogP) is 2.43. The van der Waals surface area contributed by atoms with Gasteiger partial charge in [0.1, 0.15) is 0 Å². The van der Waals surface area contributed by atoms with Crippen LogP contribution >= 0.6 is 0 Å². The molecule has 0 saturated heterocycles. The van der Waals surface area contributed by atoms with E-state index < -0.39 is 5.97 Å². The first-order valence-electron chi connectivity index (χ1n) is 8.70. The molecule has 0 radical (unpaired) electrons. The van der Waals surface area contributed by atoms with Crippen LogP contribution in [0.2, 0.25) is 0 Å². The molecular weight excluding hydrogens is 266 g/mol. The standard InChI is InChI=1S/C17H25NO3/c19-16(15-13-9-6-7-10(8-9)14(13)15)18-12-5-3-1-2-4-11(12)17(20)21/h9-15H,1-8H2,(H,18,19)(H,20,21). The Labute approximate surface area is 125 Å². The lowest BCUT2D eigenvalue weighted by atomic mass is 9.94. The van der Waals surface area contributed by atoms with Crippen molar-refractivity contribution in [1.82, 2.24) is 5.32 Å². The summed E-state index contributed by atoms with van der Waals surface area (Å²) in [6.45, 7) is 0. The quantitative estimate of drug-likeness (QED) is 0.785. The van der Waals surface area contributed by atoms with Gasteiger partial charge in [0.25, 0.3) is 0 Å². The molecule has 0 aromatic rings. The van der Waals surface area contributed by atoms with E-state index in [2.05, 4.69) is 5.32 Å². The van der Waals surface area contributed by atoms with Crippen LogP contribution < -0.4 is 5.32 Å². The zero-order valence-corrected chi connectivity index (χ0v) is 12.5. The monoisotopic (exact) mass is 291 g/mol. The summed E-state index contributed by atoms with van der Waals surface area (Å²) in [6, 6.07) is -0.142. The molecule has 1 amide bonds. The number of aliphatic carboxylic acids is 1. The summed E-state index contributed by atoms with van der Waals surface area (Å²) in [5.74, 6) is 2.12. The Bertz CT molecular complexity index is 447. The van der Waals surface area contributed by atoms with Gasteiger partial charge in [-0.05, 0) is 55.8 Å². The molecule has 2 bridgehead atoms. The molecule has 6 atom stereocenters. The maximum absolute atomic E-state index is 12.6. The van der Waals surface area contributed by atoms with Crippen molar-refractivity contribution in [3.8, 4) is 0 Å². The van der Waals surface area contributed by atoms with E-state index >= 15 is 0 Å². The maximum Gasteiger partial charge on any atom is 0.308 e. The van der Waals surface area contributed by atoms with Gasteiger partial charge in [-0.3, -0.25) is 9.59 Å². The highest BCUT2D eigenvalue weighted by Crippen LogP contribution is 2.69. The topological polar surface area (TPSA) is 66.4 Å². The molecule has 6 unspecified atom stereocenters. The van der Waals surface area contributed by atoms with Gasteiger partial charge in [-0.1, -0.05) is 19.3 Å². The van der Waals surface area contributed by atoms with Crippen LogP contribution in [0, 0.1) is 35.5 Å². The van der Waals surface area contributed by atoms with E-state index in [4.69, 9.17) is 0 Å². The third-order valence-electron chi connectivity index (χ3n) is 6.70. The fourth-order valence-corrected chi connectivity index (χ4v) is 5.73. The fraction of sp³-hybridized carbons (Fsp3) is 0.882. The number of nitrogens with one attached hydrogen (secondary N) is 1. The van der Waals surface area contributed by atoms with Gasteiger partial charge in [-0.2, -0.15) is 0 Å². The summed E-state index contributed by atoms with van der Waals surface area (Å²) < 4.78 is 0. The van der Waals surface area contributed by atoms with Crippen molar-refractivity contribution in [3.63, 3.8) is 0 Å². The highest BCUT2D eigenvalue weighted by molar-refractivity contribution is 5.84. The number of hydrogen-bond donors (Lipinski definition) is 2. The van der Waals surface area contributed by atoms with E-state index in [0.29, 0.717) is 18.3 Å². The van der Waals surface area contributed by atoms with E-state index in [1.54, 1.807) is 0 Å². The largest absolute Gasteiger partial charge is 0.481 e. The second-order valence-electron chi connectivity index (χ2n) is 7.71. The molecule has 4 saturated carbocycles. The molecule has 4 fully saturated rings. The lowest BCUT2D eigenvalue weighted by Crippen LogP contribution is -2.44. The highest BCUT2D eigenvalue weighted by atomic mass is 16.4. The summed E-state index contributed by atoms with van der Waals surface area (Å²) in [7, 11) is 0. The number of fused-ring (bicyclic) bond motifs is 5. The molecule has 0 spiro atoms. The Kier molecular flexibility index (Phi) is 3.23. The second kappa shape index (κ2) is 4.99. The van der Waals surface area contributed by atoms with Crippen LogP contribution in [-0.4, -0.2) is 23.0 Å². The fourth-order valence-electron chi connectivity index (χ4n) is 5.73. The number of hydrogen-bond acceptors (Lipinski definition) is 2. The summed E-state index contributed by atoms with van der Waals surface area (Å²) in [5, 5.41) is 12.5. The maximum atomic E-state index is 12.6. The molecule has 0 aromatic heterocycles. The summed E-state index contributed by atoms with van der Waals surface area (Å²) in [6.07, 6.45) is 8.63. The van der Waals surface area contributed by atoms with Crippen LogP contribution in [0.25, 0.3) is 0 Å². The molecule has 21 heavy (non-hydrogen) atoms. The van der Waals surface area contributed by atoms with Crippen LogP contribution in [-0.2, 0) is 9.59 Å². The zero-order valence-electron chi connectivity index (χ0n) is 12.5. The van der Waals surface area contributed by atoms with Crippen molar-refractivity contribution in [2.45, 2.75) is 57.4 Å². The smallest absolute Gasteiger partial charge is 0.308 e. The number of rotatable bonds is 3. The Morgan fingerprint density at radius 3 is 2.24 bits per heavy atom. The Morgan fingerprint density at radius 2 is 1.57 bits per heavy atom. The lowest BCUT2D eigenvalue weighted by Gasteiger charge is -2.23. The Morgan fingerprint density at radius 1 is 0.905 bits per heavy atom. The summed E-state index contributed by atoms with van der Waals surface area (Å²) >= 11 is 0. The minimum Gasteiger partial charge on any atom is -0.481 e. The number of carbonyl (C=O) groups is 2. The van der Waals surface area contributed by atoms with Gasteiger partial charge in [0.05, 0.1) is 5.92 Å². The van der Waals surface area contributed by atoms with E-state index in [1.807, 2.05) is 0 Å². The van der Waals surface area contributed by atoms with E-state index in [0.717, 1.165) is 37.5 Å². The van der Waals surface area contributed by atoms with Gasteiger partial charge in [0.2, 0.25) is 5.91 Å². The number of carboxylic acid groups (broad SMARTS) is 1. The molecule has 4 aliphatic carbocycles. The van der Waals surface area contributed by atoms with Gasteiger partial charge in [-0.15, -0.1) is 0 Å². The minimum atomic E-state index is -0.738. The van der Waals surface area contributed by atoms with Gasteiger partial charge in [0, 0.05) is 12.0 Å². The molecule has 4 rings (SSSR count). The molecule has 4 nitrogen and oxygen atoms in total. The van der Waals surface area contributed by atoms with Gasteiger partial charge >= 0.3 is 5.97 Å². The normalized spacial score (nSPS) is 47.5. The SMILES string of the molecule is O=C(O)C1CCCCCC1NC(=O)C1C2C3CCC(C3)C12.